The largest absolute Gasteiger partial charge is 0.480 e. The summed E-state index contributed by atoms with van der Waals surface area (Å²) < 4.78 is 37.9. The molecule has 1 rings (SSSR count). The summed E-state index contributed by atoms with van der Waals surface area (Å²) in [5.74, 6) is -2.99. The molecule has 23 heavy (non-hydrogen) atoms. The summed E-state index contributed by atoms with van der Waals surface area (Å²) in [6.07, 6.45) is -5.55. The van der Waals surface area contributed by atoms with E-state index in [0.717, 1.165) is 10.0 Å². The normalized spacial score (nSPS) is 14.1. The smallest absolute Gasteiger partial charge is 0.391 e. The molecule has 0 saturated carbocycles. The van der Waals surface area contributed by atoms with Crippen molar-refractivity contribution < 1.29 is 27.9 Å². The first-order chi connectivity index (χ1) is 10.6. The molecule has 2 unspecified atom stereocenters. The average Bonchev–Trinajstić information content (AvgIpc) is 2.42. The van der Waals surface area contributed by atoms with Crippen LogP contribution in [0.25, 0.3) is 0 Å². The first kappa shape index (κ1) is 19.5. The number of hydrogen-bond acceptors (Lipinski definition) is 2. The van der Waals surface area contributed by atoms with Gasteiger partial charge in [-0.05, 0) is 30.5 Å². The van der Waals surface area contributed by atoms with Crippen LogP contribution in [0.4, 0.5) is 13.2 Å². The molecule has 2 atom stereocenters. The van der Waals surface area contributed by atoms with Crippen LogP contribution >= 0.6 is 15.9 Å². The van der Waals surface area contributed by atoms with Crippen LogP contribution in [0.3, 0.4) is 0 Å². The Morgan fingerprint density at radius 1 is 1.35 bits per heavy atom. The van der Waals surface area contributed by atoms with E-state index in [4.69, 9.17) is 5.11 Å². The van der Waals surface area contributed by atoms with Gasteiger partial charge in [0.25, 0.3) is 0 Å². The summed E-state index contributed by atoms with van der Waals surface area (Å²) in [6.45, 7) is 1.72. The molecule has 8 heteroatoms. The molecule has 4 nitrogen and oxygen atoms in total. The van der Waals surface area contributed by atoms with Crippen molar-refractivity contribution in [2.45, 2.75) is 38.4 Å². The fourth-order valence-electron chi connectivity index (χ4n) is 2.09. The zero-order valence-electron chi connectivity index (χ0n) is 12.4. The number of amides is 1. The van der Waals surface area contributed by atoms with E-state index >= 15 is 0 Å². The Balaban J connectivity index is 2.76. The van der Waals surface area contributed by atoms with Gasteiger partial charge < -0.3 is 10.4 Å². The topological polar surface area (TPSA) is 66.4 Å². The number of aliphatic carboxylic acids is 1. The van der Waals surface area contributed by atoms with Gasteiger partial charge in [0.15, 0.2) is 0 Å². The number of nitrogens with one attached hydrogen (secondary N) is 1. The number of rotatable bonds is 7. The van der Waals surface area contributed by atoms with Crippen LogP contribution in [0.15, 0.2) is 28.7 Å². The van der Waals surface area contributed by atoms with E-state index in [1.807, 2.05) is 11.4 Å². The first-order valence-corrected chi connectivity index (χ1v) is 7.76. The molecule has 1 aromatic rings. The standard InChI is InChI=1S/C15H17BrF3NO3/c1-2-10(6-9-4-3-5-11(16)7-9)13(21)20-12(14(22)23)8-15(17,18)19/h3-5,7,10,12H,2,6,8H2,1H3,(H,20,21)(H,22,23). The number of halogens is 4. The van der Waals surface area contributed by atoms with Gasteiger partial charge in [0.1, 0.15) is 6.04 Å². The molecule has 0 bridgehead atoms. The van der Waals surface area contributed by atoms with E-state index in [9.17, 15) is 22.8 Å². The van der Waals surface area contributed by atoms with E-state index in [2.05, 4.69) is 15.9 Å². The van der Waals surface area contributed by atoms with Gasteiger partial charge in [-0.25, -0.2) is 4.79 Å². The lowest BCUT2D eigenvalue weighted by atomic mass is 9.95. The third-order valence-electron chi connectivity index (χ3n) is 3.28. The monoisotopic (exact) mass is 395 g/mol. The third kappa shape index (κ3) is 7.02. The second-order valence-corrected chi connectivity index (χ2v) is 6.07. The van der Waals surface area contributed by atoms with Gasteiger partial charge in [-0.15, -0.1) is 0 Å². The van der Waals surface area contributed by atoms with Crippen molar-refractivity contribution in [3.05, 3.63) is 34.3 Å². The second-order valence-electron chi connectivity index (χ2n) is 5.16. The van der Waals surface area contributed by atoms with Crippen molar-refractivity contribution in [1.29, 1.82) is 0 Å². The Labute approximate surface area is 140 Å². The number of alkyl halides is 3. The highest BCUT2D eigenvalue weighted by atomic mass is 79.9. The highest BCUT2D eigenvalue weighted by Gasteiger charge is 2.37. The lowest BCUT2D eigenvalue weighted by molar-refractivity contribution is -0.160. The summed E-state index contributed by atoms with van der Waals surface area (Å²) in [5.41, 5.74) is 0.837. The van der Waals surface area contributed by atoms with Gasteiger partial charge in [-0.2, -0.15) is 13.2 Å². The van der Waals surface area contributed by atoms with Gasteiger partial charge in [0.05, 0.1) is 6.42 Å². The molecule has 0 aliphatic carbocycles. The summed E-state index contributed by atoms with van der Waals surface area (Å²) >= 11 is 3.30. The van der Waals surface area contributed by atoms with Crippen LogP contribution in [0.1, 0.15) is 25.3 Å². The number of carbonyl (C=O) groups is 2. The van der Waals surface area contributed by atoms with Crippen molar-refractivity contribution in [1.82, 2.24) is 5.32 Å². The average molecular weight is 396 g/mol. The molecular formula is C15H17BrF3NO3. The maximum atomic E-state index is 12.4. The maximum Gasteiger partial charge on any atom is 0.391 e. The van der Waals surface area contributed by atoms with Crippen molar-refractivity contribution in [3.63, 3.8) is 0 Å². The molecule has 0 saturated heterocycles. The van der Waals surface area contributed by atoms with Crippen LogP contribution in [0.2, 0.25) is 0 Å². The Morgan fingerprint density at radius 3 is 2.48 bits per heavy atom. The number of carbonyl (C=O) groups excluding carboxylic acids is 1. The van der Waals surface area contributed by atoms with Gasteiger partial charge in [0.2, 0.25) is 5.91 Å². The van der Waals surface area contributed by atoms with Crippen molar-refractivity contribution >= 4 is 27.8 Å². The van der Waals surface area contributed by atoms with Crippen LogP contribution < -0.4 is 5.32 Å². The molecule has 0 aromatic heterocycles. The Kier molecular flexibility index (Phi) is 7.05. The van der Waals surface area contributed by atoms with E-state index in [1.54, 1.807) is 25.1 Å². The van der Waals surface area contributed by atoms with Crippen molar-refractivity contribution in [3.8, 4) is 0 Å². The first-order valence-electron chi connectivity index (χ1n) is 6.96. The fourth-order valence-corrected chi connectivity index (χ4v) is 2.54. The fraction of sp³-hybridized carbons (Fsp3) is 0.467. The molecular weight excluding hydrogens is 379 g/mol. The Bertz CT molecular complexity index is 563. The highest BCUT2D eigenvalue weighted by molar-refractivity contribution is 9.10. The summed E-state index contributed by atoms with van der Waals surface area (Å²) in [7, 11) is 0. The summed E-state index contributed by atoms with van der Waals surface area (Å²) in [5, 5.41) is 10.8. The van der Waals surface area contributed by atoms with E-state index < -0.39 is 36.4 Å². The molecule has 0 aliphatic heterocycles. The van der Waals surface area contributed by atoms with Crippen LogP contribution in [0, 0.1) is 5.92 Å². The van der Waals surface area contributed by atoms with Gasteiger partial charge >= 0.3 is 12.1 Å². The summed E-state index contributed by atoms with van der Waals surface area (Å²) in [6, 6.07) is 5.23. The Hall–Kier alpha value is -1.57. The lowest BCUT2D eigenvalue weighted by Crippen LogP contribution is -2.46. The zero-order valence-corrected chi connectivity index (χ0v) is 13.9. The molecule has 128 valence electrons. The Morgan fingerprint density at radius 2 is 2.00 bits per heavy atom. The van der Waals surface area contributed by atoms with Gasteiger partial charge in [-0.1, -0.05) is 35.0 Å². The number of carboxylic acid groups (broad SMARTS) is 1. The molecule has 1 amide bonds. The quantitative estimate of drug-likeness (QED) is 0.741. The molecule has 2 N–H and O–H groups in total. The minimum atomic E-state index is -4.66. The minimum Gasteiger partial charge on any atom is -0.480 e. The van der Waals surface area contributed by atoms with E-state index in [0.29, 0.717) is 12.8 Å². The maximum absolute atomic E-state index is 12.4. The molecule has 0 aliphatic rings. The SMILES string of the molecule is CCC(Cc1cccc(Br)c1)C(=O)NC(CC(F)(F)F)C(=O)O. The van der Waals surface area contributed by atoms with Crippen molar-refractivity contribution in [2.24, 2.45) is 5.92 Å². The van der Waals surface area contributed by atoms with Gasteiger partial charge in [0, 0.05) is 10.4 Å². The van der Waals surface area contributed by atoms with Crippen LogP contribution in [0.5, 0.6) is 0 Å². The molecule has 0 fully saturated rings. The summed E-state index contributed by atoms with van der Waals surface area (Å²) in [4.78, 5) is 23.0. The van der Waals surface area contributed by atoms with E-state index in [1.165, 1.54) is 0 Å². The molecule has 0 spiro atoms. The van der Waals surface area contributed by atoms with Crippen LogP contribution in [-0.4, -0.2) is 29.2 Å². The molecule has 0 radical (unpaired) electrons. The molecule has 0 heterocycles. The number of carboxylic acids is 1. The van der Waals surface area contributed by atoms with E-state index in [-0.39, 0.29) is 0 Å². The highest BCUT2D eigenvalue weighted by Crippen LogP contribution is 2.22. The van der Waals surface area contributed by atoms with Crippen molar-refractivity contribution in [2.75, 3.05) is 0 Å². The third-order valence-corrected chi connectivity index (χ3v) is 3.78. The van der Waals surface area contributed by atoms with Gasteiger partial charge in [-0.3, -0.25) is 4.79 Å². The predicted octanol–water partition coefficient (Wildman–Crippen LogP) is 3.54. The lowest BCUT2D eigenvalue weighted by Gasteiger charge is -2.20. The predicted molar refractivity (Wildman–Crippen MR) is 81.9 cm³/mol. The number of hydrogen-bond donors (Lipinski definition) is 2. The van der Waals surface area contributed by atoms with Crippen LogP contribution in [-0.2, 0) is 16.0 Å². The number of benzene rings is 1. The second kappa shape index (κ2) is 8.33. The minimum absolute atomic E-state index is 0.320. The molecule has 1 aromatic carbocycles. The zero-order chi connectivity index (χ0) is 17.6.